The number of ether oxygens (including phenoxy) is 1. The Bertz CT molecular complexity index is 1620. The third-order valence-electron chi connectivity index (χ3n) is 8.64. The van der Waals surface area contributed by atoms with Crippen LogP contribution >= 0.6 is 0 Å². The van der Waals surface area contributed by atoms with Crippen LogP contribution < -0.4 is 9.64 Å². The van der Waals surface area contributed by atoms with Crippen molar-refractivity contribution in [3.8, 4) is 11.5 Å². The molecule has 4 unspecified atom stereocenters. The van der Waals surface area contributed by atoms with E-state index in [1.807, 2.05) is 6.08 Å². The number of hydrogen-bond donors (Lipinski definition) is 1. The Morgan fingerprint density at radius 3 is 2.38 bits per heavy atom. The Hall–Kier alpha value is -4.59. The number of phenolic OH excluding ortho intramolecular Hbond substituents is 1. The number of ketones is 3. The van der Waals surface area contributed by atoms with Crippen LogP contribution in [0.1, 0.15) is 48.5 Å². The minimum absolute atomic E-state index is 0.0904. The van der Waals surface area contributed by atoms with Gasteiger partial charge in [-0.2, -0.15) is 0 Å². The van der Waals surface area contributed by atoms with E-state index in [9.17, 15) is 29.1 Å². The number of imide groups is 1. The molecule has 0 spiro atoms. The molecule has 2 aromatic carbocycles. The van der Waals surface area contributed by atoms with Crippen molar-refractivity contribution in [2.45, 2.75) is 32.6 Å². The van der Waals surface area contributed by atoms with Crippen LogP contribution in [-0.2, 0) is 19.2 Å². The number of phenols is 1. The zero-order chi connectivity index (χ0) is 28.5. The molecule has 2 aromatic rings. The Balaban J connectivity index is 1.46. The van der Waals surface area contributed by atoms with Gasteiger partial charge in [-0.25, -0.2) is 0 Å². The van der Waals surface area contributed by atoms with Crippen molar-refractivity contribution in [2.75, 3.05) is 12.0 Å². The molecule has 1 heterocycles. The van der Waals surface area contributed by atoms with Crippen molar-refractivity contribution in [1.82, 2.24) is 0 Å². The quantitative estimate of drug-likeness (QED) is 0.268. The normalized spacial score (nSPS) is 25.7. The molecule has 1 fully saturated rings. The fourth-order valence-corrected chi connectivity index (χ4v) is 6.73. The van der Waals surface area contributed by atoms with Crippen LogP contribution in [0.5, 0.6) is 11.5 Å². The molecule has 40 heavy (non-hydrogen) atoms. The van der Waals surface area contributed by atoms with Gasteiger partial charge in [0.25, 0.3) is 0 Å². The summed E-state index contributed by atoms with van der Waals surface area (Å²) >= 11 is 0. The van der Waals surface area contributed by atoms with Crippen molar-refractivity contribution in [3.63, 3.8) is 0 Å². The van der Waals surface area contributed by atoms with E-state index in [0.717, 1.165) is 5.57 Å². The monoisotopic (exact) mass is 537 g/mol. The van der Waals surface area contributed by atoms with Crippen LogP contribution in [0.3, 0.4) is 0 Å². The molecule has 8 nitrogen and oxygen atoms in total. The van der Waals surface area contributed by atoms with E-state index in [2.05, 4.69) is 0 Å². The number of hydrogen-bond acceptors (Lipinski definition) is 7. The lowest BCUT2D eigenvalue weighted by molar-refractivity contribution is -0.123. The molecule has 0 aromatic heterocycles. The van der Waals surface area contributed by atoms with Crippen LogP contribution in [0.15, 0.2) is 76.9 Å². The van der Waals surface area contributed by atoms with E-state index < -0.39 is 23.7 Å². The molecular weight excluding hydrogens is 510 g/mol. The molecule has 4 aliphatic rings. The fraction of sp³-hybridized carbons (Fsp3) is 0.281. The average molecular weight is 538 g/mol. The zero-order valence-corrected chi connectivity index (χ0v) is 22.3. The second-order valence-corrected chi connectivity index (χ2v) is 10.8. The molecule has 0 radical (unpaired) electrons. The van der Waals surface area contributed by atoms with Gasteiger partial charge in [0.2, 0.25) is 11.8 Å². The van der Waals surface area contributed by atoms with Crippen LogP contribution in [0.2, 0.25) is 0 Å². The standard InChI is InChI=1S/C32H27NO7/c1-15-12-26(36)29-24(30(15)37)14-23-20(27(29)21-9-8-19(40-3)13-25(21)35)10-11-22-28(23)32(39)33(31(22)38)18-6-4-17(5-7-18)16(2)34/h4-10,12-13,22-23,27-28,35H,11,14H2,1-3H3. The average Bonchev–Trinajstić information content (AvgIpc) is 3.20. The van der Waals surface area contributed by atoms with Crippen molar-refractivity contribution in [3.05, 3.63) is 88.0 Å². The first-order chi connectivity index (χ1) is 19.1. The number of anilines is 1. The van der Waals surface area contributed by atoms with E-state index in [1.165, 1.54) is 31.1 Å². The number of fused-ring (bicyclic) bond motifs is 3. The number of rotatable bonds is 4. The lowest BCUT2D eigenvalue weighted by Crippen LogP contribution is -2.39. The van der Waals surface area contributed by atoms with Crippen LogP contribution in [0.4, 0.5) is 5.69 Å². The van der Waals surface area contributed by atoms with Gasteiger partial charge in [-0.1, -0.05) is 17.7 Å². The largest absolute Gasteiger partial charge is 0.507 e. The second-order valence-electron chi connectivity index (χ2n) is 10.8. The highest BCUT2D eigenvalue weighted by atomic mass is 16.5. The summed E-state index contributed by atoms with van der Waals surface area (Å²) in [5, 5.41) is 11.0. The predicted molar refractivity (Wildman–Crippen MR) is 145 cm³/mol. The van der Waals surface area contributed by atoms with E-state index in [0.29, 0.717) is 39.3 Å². The highest BCUT2D eigenvalue weighted by molar-refractivity contribution is 6.25. The SMILES string of the molecule is COc1ccc(C2C3=CCC4C(=O)N(c5ccc(C(C)=O)cc5)C(=O)C4C3CC3=C2C(=O)C=C(C)C3=O)c(O)c1. The summed E-state index contributed by atoms with van der Waals surface area (Å²) < 4.78 is 5.24. The van der Waals surface area contributed by atoms with Gasteiger partial charge in [-0.05, 0) is 69.0 Å². The Morgan fingerprint density at radius 2 is 1.73 bits per heavy atom. The first-order valence-corrected chi connectivity index (χ1v) is 13.2. The number of aromatic hydroxyl groups is 1. The molecule has 1 N–H and O–H groups in total. The molecular formula is C32H27NO7. The number of carbonyl (C=O) groups is 5. The van der Waals surface area contributed by atoms with E-state index in [4.69, 9.17) is 4.74 Å². The van der Waals surface area contributed by atoms with Crippen molar-refractivity contribution >= 4 is 34.9 Å². The van der Waals surface area contributed by atoms with Crippen LogP contribution in [0.25, 0.3) is 0 Å². The van der Waals surface area contributed by atoms with Crippen LogP contribution in [0, 0.1) is 17.8 Å². The number of Topliss-reactive ketones (excluding diaryl/α,β-unsaturated/α-hetero) is 2. The van der Waals surface area contributed by atoms with E-state index >= 15 is 0 Å². The van der Waals surface area contributed by atoms with Gasteiger partial charge in [0.1, 0.15) is 11.5 Å². The highest BCUT2D eigenvalue weighted by Gasteiger charge is 2.56. The van der Waals surface area contributed by atoms with Gasteiger partial charge >= 0.3 is 0 Å². The summed E-state index contributed by atoms with van der Waals surface area (Å²) in [5.41, 5.74) is 3.01. The third kappa shape index (κ3) is 3.70. The summed E-state index contributed by atoms with van der Waals surface area (Å²) in [6.45, 7) is 3.04. The van der Waals surface area contributed by atoms with Gasteiger partial charge in [0.15, 0.2) is 17.3 Å². The molecule has 0 bridgehead atoms. The summed E-state index contributed by atoms with van der Waals surface area (Å²) in [5.74, 6) is -3.63. The van der Waals surface area contributed by atoms with Crippen molar-refractivity contribution < 1.29 is 33.8 Å². The summed E-state index contributed by atoms with van der Waals surface area (Å²) in [6, 6.07) is 11.2. The number of allylic oxidation sites excluding steroid dienone is 6. The number of benzene rings is 2. The Morgan fingerprint density at radius 1 is 1.00 bits per heavy atom. The van der Waals surface area contributed by atoms with E-state index in [-0.39, 0.29) is 47.8 Å². The molecule has 4 atom stereocenters. The fourth-order valence-electron chi connectivity index (χ4n) is 6.73. The number of amides is 2. The molecule has 0 saturated carbocycles. The number of methoxy groups -OCH3 is 1. The Kier molecular flexibility index (Phi) is 5.94. The number of carbonyl (C=O) groups excluding carboxylic acids is 5. The van der Waals surface area contributed by atoms with E-state index in [1.54, 1.807) is 43.3 Å². The molecule has 1 aliphatic heterocycles. The first-order valence-electron chi connectivity index (χ1n) is 13.2. The molecule has 2 amide bonds. The first kappa shape index (κ1) is 25.7. The summed E-state index contributed by atoms with van der Waals surface area (Å²) in [4.78, 5) is 67.2. The van der Waals surface area contributed by atoms with Crippen molar-refractivity contribution in [2.24, 2.45) is 17.8 Å². The minimum atomic E-state index is -0.742. The molecule has 6 rings (SSSR count). The maximum atomic E-state index is 14.0. The maximum absolute atomic E-state index is 14.0. The molecule has 8 heteroatoms. The molecule has 202 valence electrons. The predicted octanol–water partition coefficient (Wildman–Crippen LogP) is 4.24. The number of nitrogens with zero attached hydrogens (tertiary/aromatic N) is 1. The summed E-state index contributed by atoms with van der Waals surface area (Å²) in [6.07, 6.45) is 3.68. The molecule has 1 saturated heterocycles. The maximum Gasteiger partial charge on any atom is 0.238 e. The highest BCUT2D eigenvalue weighted by Crippen LogP contribution is 2.56. The van der Waals surface area contributed by atoms with Gasteiger partial charge in [0, 0.05) is 39.8 Å². The Labute approximate surface area is 230 Å². The van der Waals surface area contributed by atoms with Gasteiger partial charge in [-0.15, -0.1) is 0 Å². The van der Waals surface area contributed by atoms with Crippen molar-refractivity contribution in [1.29, 1.82) is 0 Å². The topological polar surface area (TPSA) is 118 Å². The zero-order valence-electron chi connectivity index (χ0n) is 22.3. The second kappa shape index (κ2) is 9.26. The summed E-state index contributed by atoms with van der Waals surface area (Å²) in [7, 11) is 1.48. The molecule has 3 aliphatic carbocycles. The van der Waals surface area contributed by atoms with Gasteiger partial charge < -0.3 is 9.84 Å². The van der Waals surface area contributed by atoms with Crippen LogP contribution in [-0.4, -0.2) is 41.4 Å². The lowest BCUT2D eigenvalue weighted by Gasteiger charge is -2.42. The smallest absolute Gasteiger partial charge is 0.238 e. The lowest BCUT2D eigenvalue weighted by atomic mass is 9.59. The minimum Gasteiger partial charge on any atom is -0.507 e. The van der Waals surface area contributed by atoms with Gasteiger partial charge in [-0.3, -0.25) is 28.9 Å². The van der Waals surface area contributed by atoms with Gasteiger partial charge in [0.05, 0.1) is 24.6 Å². The third-order valence-corrected chi connectivity index (χ3v) is 8.64.